The van der Waals surface area contributed by atoms with E-state index in [0.29, 0.717) is 17.9 Å². The summed E-state index contributed by atoms with van der Waals surface area (Å²) in [4.78, 5) is 52.8. The first kappa shape index (κ1) is 24.2. The van der Waals surface area contributed by atoms with Crippen molar-refractivity contribution in [2.24, 2.45) is 0 Å². The number of carbonyl (C=O) groups excluding carboxylic acids is 3. The first-order valence-electron chi connectivity index (χ1n) is 10.3. The van der Waals surface area contributed by atoms with Crippen LogP contribution < -0.4 is 9.64 Å². The summed E-state index contributed by atoms with van der Waals surface area (Å²) in [5.74, 6) is -1.00. The van der Waals surface area contributed by atoms with Crippen molar-refractivity contribution >= 4 is 40.7 Å². The van der Waals surface area contributed by atoms with Gasteiger partial charge in [-0.05, 0) is 56.7 Å². The Hall–Kier alpha value is -3.46. The maximum absolute atomic E-state index is 13.6. The third-order valence-electron chi connectivity index (χ3n) is 5.89. The summed E-state index contributed by atoms with van der Waals surface area (Å²) >= 11 is 5.89. The van der Waals surface area contributed by atoms with Crippen LogP contribution in [-0.2, 0) is 9.59 Å². The molecule has 0 aromatic heterocycles. The topological polar surface area (TPSA) is 110 Å². The van der Waals surface area contributed by atoms with Crippen molar-refractivity contribution in [1.82, 2.24) is 4.90 Å². The number of benzene rings is 2. The maximum atomic E-state index is 13.6. The molecule has 1 saturated heterocycles. The minimum Gasteiger partial charge on any atom is -0.497 e. The second kappa shape index (κ2) is 9.19. The molecule has 1 aliphatic rings. The monoisotopic (exact) mass is 473 g/mol. The lowest BCUT2D eigenvalue weighted by molar-refractivity contribution is -0.384. The van der Waals surface area contributed by atoms with Crippen molar-refractivity contribution in [1.29, 1.82) is 0 Å². The first-order valence-corrected chi connectivity index (χ1v) is 10.7. The summed E-state index contributed by atoms with van der Waals surface area (Å²) in [5, 5.41) is 11.2. The number of amides is 3. The van der Waals surface area contributed by atoms with Crippen molar-refractivity contribution < 1.29 is 24.0 Å². The van der Waals surface area contributed by atoms with E-state index in [4.69, 9.17) is 16.3 Å². The van der Waals surface area contributed by atoms with Crippen molar-refractivity contribution in [3.63, 3.8) is 0 Å². The number of nitrogens with zero attached hydrogens (tertiary/aromatic N) is 3. The summed E-state index contributed by atoms with van der Waals surface area (Å²) in [6, 6.07) is 9.13. The second-order valence-electron chi connectivity index (χ2n) is 8.25. The third-order valence-corrected chi connectivity index (χ3v) is 6.21. The maximum Gasteiger partial charge on any atom is 0.288 e. The molecule has 0 N–H and O–H groups in total. The van der Waals surface area contributed by atoms with Gasteiger partial charge in [-0.2, -0.15) is 0 Å². The Bertz CT molecular complexity index is 1120. The predicted octanol–water partition coefficient (Wildman–Crippen LogP) is 4.22. The average molecular weight is 474 g/mol. The van der Waals surface area contributed by atoms with Gasteiger partial charge in [-0.3, -0.25) is 24.5 Å². The van der Waals surface area contributed by atoms with Gasteiger partial charge >= 0.3 is 0 Å². The fourth-order valence-electron chi connectivity index (χ4n) is 3.75. The highest BCUT2D eigenvalue weighted by Crippen LogP contribution is 2.34. The largest absolute Gasteiger partial charge is 0.497 e. The molecule has 3 amide bonds. The van der Waals surface area contributed by atoms with Gasteiger partial charge in [-0.25, -0.2) is 4.90 Å². The Balaban J connectivity index is 2.02. The quantitative estimate of drug-likeness (QED) is 0.338. The molecule has 0 bridgehead atoms. The molecule has 1 unspecified atom stereocenters. The van der Waals surface area contributed by atoms with E-state index in [1.54, 1.807) is 38.1 Å². The van der Waals surface area contributed by atoms with Crippen LogP contribution in [0.5, 0.6) is 5.75 Å². The van der Waals surface area contributed by atoms with Crippen LogP contribution in [0.4, 0.5) is 11.4 Å². The average Bonchev–Trinajstić information content (AvgIpc) is 3.07. The van der Waals surface area contributed by atoms with Crippen LogP contribution in [0, 0.1) is 10.1 Å². The lowest BCUT2D eigenvalue weighted by atomic mass is 9.94. The molecule has 174 valence electrons. The number of ether oxygens (including phenoxy) is 1. The van der Waals surface area contributed by atoms with E-state index < -0.39 is 39.9 Å². The molecule has 1 heterocycles. The molecule has 0 aliphatic carbocycles. The Morgan fingerprint density at radius 2 is 1.88 bits per heavy atom. The zero-order valence-electron chi connectivity index (χ0n) is 18.7. The first-order chi connectivity index (χ1) is 15.5. The van der Waals surface area contributed by atoms with Crippen LogP contribution in [0.2, 0.25) is 5.02 Å². The number of halogens is 1. The second-order valence-corrected chi connectivity index (χ2v) is 8.66. The number of methoxy groups -OCH3 is 1. The normalized spacial score (nSPS) is 16.2. The van der Waals surface area contributed by atoms with Crippen molar-refractivity contribution in [2.75, 3.05) is 12.0 Å². The van der Waals surface area contributed by atoms with Crippen LogP contribution in [0.15, 0.2) is 42.5 Å². The molecule has 0 radical (unpaired) electrons. The highest BCUT2D eigenvalue weighted by molar-refractivity contribution is 6.32. The summed E-state index contributed by atoms with van der Waals surface area (Å²) in [7, 11) is 1.51. The van der Waals surface area contributed by atoms with Crippen LogP contribution in [0.3, 0.4) is 0 Å². The number of anilines is 1. The SMILES string of the molecule is CCC(C)(C)N(C(=O)c1ccc(Cl)c([N+](=O)[O-])c1)C1CC(=O)N(c2ccc(OC)cc2)C1=O. The van der Waals surface area contributed by atoms with Crippen LogP contribution in [-0.4, -0.2) is 46.2 Å². The van der Waals surface area contributed by atoms with Crippen molar-refractivity contribution in [3.8, 4) is 5.75 Å². The smallest absolute Gasteiger partial charge is 0.288 e. The number of nitro groups is 1. The third kappa shape index (κ3) is 4.54. The Morgan fingerprint density at radius 1 is 1.24 bits per heavy atom. The minimum absolute atomic E-state index is 0.00997. The van der Waals surface area contributed by atoms with E-state index in [0.717, 1.165) is 11.0 Å². The molecule has 0 spiro atoms. The van der Waals surface area contributed by atoms with Crippen LogP contribution >= 0.6 is 11.6 Å². The fourth-order valence-corrected chi connectivity index (χ4v) is 3.94. The summed E-state index contributed by atoms with van der Waals surface area (Å²) in [5.41, 5.74) is -0.847. The van der Waals surface area contributed by atoms with E-state index in [2.05, 4.69) is 0 Å². The Labute approximate surface area is 196 Å². The van der Waals surface area contributed by atoms with Gasteiger partial charge in [0.25, 0.3) is 17.5 Å². The number of nitro benzene ring substituents is 1. The molecule has 2 aromatic carbocycles. The predicted molar refractivity (Wildman–Crippen MR) is 123 cm³/mol. The van der Waals surface area contributed by atoms with Gasteiger partial charge in [0.05, 0.1) is 24.1 Å². The summed E-state index contributed by atoms with van der Waals surface area (Å²) < 4.78 is 5.12. The number of hydrogen-bond donors (Lipinski definition) is 0. The van der Waals surface area contributed by atoms with Gasteiger partial charge in [0, 0.05) is 17.2 Å². The molecule has 9 nitrogen and oxygen atoms in total. The van der Waals surface area contributed by atoms with E-state index in [1.165, 1.54) is 24.1 Å². The highest BCUT2D eigenvalue weighted by Gasteiger charge is 2.48. The molecule has 1 aliphatic heterocycles. The van der Waals surface area contributed by atoms with Crippen LogP contribution in [0.1, 0.15) is 44.0 Å². The van der Waals surface area contributed by atoms with Gasteiger partial charge in [0.15, 0.2) is 0 Å². The Morgan fingerprint density at radius 3 is 2.42 bits per heavy atom. The standard InChI is InChI=1S/C23H24ClN3O6/c1-5-23(2,3)26(21(29)14-6-11-17(24)18(12-14)27(31)32)19-13-20(28)25(22(19)30)15-7-9-16(33-4)10-8-15/h6-12,19H,5,13H2,1-4H3. The number of imide groups is 1. The highest BCUT2D eigenvalue weighted by atomic mass is 35.5. The molecule has 10 heteroatoms. The number of carbonyl (C=O) groups is 3. The molecule has 1 fully saturated rings. The lowest BCUT2D eigenvalue weighted by Gasteiger charge is -2.41. The van der Waals surface area contributed by atoms with E-state index >= 15 is 0 Å². The van der Waals surface area contributed by atoms with Crippen molar-refractivity contribution in [3.05, 3.63) is 63.2 Å². The zero-order valence-corrected chi connectivity index (χ0v) is 19.5. The molecule has 2 aromatic rings. The molecule has 0 saturated carbocycles. The minimum atomic E-state index is -1.06. The fraction of sp³-hybridized carbons (Fsp3) is 0.348. The lowest BCUT2D eigenvalue weighted by Crippen LogP contribution is -2.55. The van der Waals surface area contributed by atoms with Crippen molar-refractivity contribution in [2.45, 2.75) is 45.2 Å². The van der Waals surface area contributed by atoms with E-state index in [-0.39, 0.29) is 17.0 Å². The molecule has 3 rings (SSSR count). The number of hydrogen-bond acceptors (Lipinski definition) is 6. The van der Waals surface area contributed by atoms with Gasteiger partial charge in [-0.1, -0.05) is 18.5 Å². The molecule has 1 atom stereocenters. The summed E-state index contributed by atoms with van der Waals surface area (Å²) in [6.07, 6.45) is 0.282. The van der Waals surface area contributed by atoms with Gasteiger partial charge < -0.3 is 9.64 Å². The Kier molecular flexibility index (Phi) is 6.73. The van der Waals surface area contributed by atoms with E-state index in [9.17, 15) is 24.5 Å². The molecular weight excluding hydrogens is 450 g/mol. The van der Waals surface area contributed by atoms with Crippen LogP contribution in [0.25, 0.3) is 0 Å². The molecule has 33 heavy (non-hydrogen) atoms. The van der Waals surface area contributed by atoms with Gasteiger partial charge in [-0.15, -0.1) is 0 Å². The summed E-state index contributed by atoms with van der Waals surface area (Å²) in [6.45, 7) is 5.42. The van der Waals surface area contributed by atoms with Gasteiger partial charge in [0.1, 0.15) is 16.8 Å². The number of rotatable bonds is 7. The van der Waals surface area contributed by atoms with Gasteiger partial charge in [0.2, 0.25) is 5.91 Å². The molecular formula is C23H24ClN3O6. The van der Waals surface area contributed by atoms with E-state index in [1.807, 2.05) is 6.92 Å². The zero-order chi connectivity index (χ0) is 24.5.